The second-order valence-electron chi connectivity index (χ2n) is 4.91. The number of rotatable bonds is 4. The second-order valence-corrected chi connectivity index (χ2v) is 6.58. The fraction of sp³-hybridized carbons (Fsp3) is 0.769. The van der Waals surface area contributed by atoms with Crippen molar-refractivity contribution in [1.82, 2.24) is 14.8 Å². The molecule has 1 aromatic heterocycles. The molecule has 0 radical (unpaired) electrons. The van der Waals surface area contributed by atoms with Crippen LogP contribution in [0.25, 0.3) is 0 Å². The highest BCUT2D eigenvalue weighted by molar-refractivity contribution is 7.11. The minimum Gasteiger partial charge on any atom is -0.301 e. The van der Waals surface area contributed by atoms with Crippen molar-refractivity contribution in [3.8, 4) is 0 Å². The lowest BCUT2D eigenvalue weighted by atomic mass is 10.4. The first-order valence-electron chi connectivity index (χ1n) is 6.62. The summed E-state index contributed by atoms with van der Waals surface area (Å²) in [6, 6.07) is 0. The van der Waals surface area contributed by atoms with Crippen molar-refractivity contribution in [3.05, 3.63) is 15.6 Å². The Kier molecular flexibility index (Phi) is 5.42. The molecule has 18 heavy (non-hydrogen) atoms. The van der Waals surface area contributed by atoms with Gasteiger partial charge in [-0.2, -0.15) is 0 Å². The van der Waals surface area contributed by atoms with Crippen LogP contribution < -0.4 is 0 Å². The maximum atomic E-state index is 5.81. The highest BCUT2D eigenvalue weighted by Crippen LogP contribution is 2.18. The topological polar surface area (TPSA) is 19.4 Å². The molecule has 0 N–H and O–H groups in total. The van der Waals surface area contributed by atoms with Crippen LogP contribution in [0.5, 0.6) is 0 Å². The molecule has 0 aliphatic carbocycles. The molecule has 0 unspecified atom stereocenters. The third-order valence-corrected chi connectivity index (χ3v) is 4.74. The predicted octanol–water partition coefficient (Wildman–Crippen LogP) is 2.51. The van der Waals surface area contributed by atoms with E-state index in [1.165, 1.54) is 35.1 Å². The second kappa shape index (κ2) is 6.85. The van der Waals surface area contributed by atoms with E-state index < -0.39 is 0 Å². The van der Waals surface area contributed by atoms with Crippen LogP contribution in [-0.4, -0.2) is 53.4 Å². The van der Waals surface area contributed by atoms with Gasteiger partial charge in [0, 0.05) is 30.4 Å². The summed E-state index contributed by atoms with van der Waals surface area (Å²) in [5, 5.41) is 1.26. The molecule has 0 spiro atoms. The van der Waals surface area contributed by atoms with Gasteiger partial charge in [0.25, 0.3) is 0 Å². The van der Waals surface area contributed by atoms with Crippen LogP contribution in [0.2, 0.25) is 0 Å². The summed E-state index contributed by atoms with van der Waals surface area (Å²) in [7, 11) is 0. The Bertz CT molecular complexity index is 361. The van der Waals surface area contributed by atoms with Crippen LogP contribution >= 0.6 is 22.9 Å². The number of aromatic nitrogens is 1. The van der Waals surface area contributed by atoms with Gasteiger partial charge >= 0.3 is 0 Å². The molecular weight excluding hydrogens is 266 g/mol. The lowest BCUT2D eigenvalue weighted by Gasteiger charge is -2.20. The first-order valence-corrected chi connectivity index (χ1v) is 7.97. The smallest absolute Gasteiger partial charge is 0.107 e. The van der Waals surface area contributed by atoms with Crippen LogP contribution in [0.15, 0.2) is 0 Å². The Morgan fingerprint density at radius 2 is 1.89 bits per heavy atom. The van der Waals surface area contributed by atoms with Crippen LogP contribution in [0, 0.1) is 13.8 Å². The average Bonchev–Trinajstić information content (AvgIpc) is 2.53. The molecule has 0 bridgehead atoms. The van der Waals surface area contributed by atoms with Crippen LogP contribution in [0.4, 0.5) is 0 Å². The Balaban J connectivity index is 1.86. The molecule has 5 heteroatoms. The monoisotopic (exact) mass is 287 g/mol. The van der Waals surface area contributed by atoms with Crippen molar-refractivity contribution in [2.24, 2.45) is 0 Å². The largest absolute Gasteiger partial charge is 0.301 e. The molecule has 1 aliphatic rings. The van der Waals surface area contributed by atoms with Gasteiger partial charge in [0.05, 0.1) is 12.2 Å². The minimum atomic E-state index is 0.741. The van der Waals surface area contributed by atoms with E-state index in [2.05, 4.69) is 28.6 Å². The van der Waals surface area contributed by atoms with E-state index in [0.717, 1.165) is 32.1 Å². The van der Waals surface area contributed by atoms with E-state index in [9.17, 15) is 0 Å². The molecule has 102 valence electrons. The van der Waals surface area contributed by atoms with Crippen LogP contribution in [0.1, 0.15) is 22.0 Å². The Hall–Kier alpha value is -0.160. The molecule has 0 saturated carbocycles. The number of hydrogen-bond acceptors (Lipinski definition) is 4. The quantitative estimate of drug-likeness (QED) is 0.793. The third kappa shape index (κ3) is 3.92. The van der Waals surface area contributed by atoms with E-state index in [4.69, 9.17) is 11.6 Å². The molecule has 1 aromatic rings. The van der Waals surface area contributed by atoms with E-state index in [1.54, 1.807) is 0 Å². The molecule has 1 saturated heterocycles. The van der Waals surface area contributed by atoms with Gasteiger partial charge in [0.2, 0.25) is 0 Å². The van der Waals surface area contributed by atoms with E-state index in [0.29, 0.717) is 0 Å². The zero-order chi connectivity index (χ0) is 13.0. The molecule has 1 aliphatic heterocycles. The van der Waals surface area contributed by atoms with Crippen molar-refractivity contribution in [3.63, 3.8) is 0 Å². The summed E-state index contributed by atoms with van der Waals surface area (Å²) in [6.07, 6.45) is 1.24. The zero-order valence-corrected chi connectivity index (χ0v) is 12.9. The van der Waals surface area contributed by atoms with E-state index in [1.807, 2.05) is 11.3 Å². The normalized spacial score (nSPS) is 19.1. The Morgan fingerprint density at radius 1 is 1.17 bits per heavy atom. The summed E-state index contributed by atoms with van der Waals surface area (Å²) < 4.78 is 0. The lowest BCUT2D eigenvalue weighted by molar-refractivity contribution is 0.258. The van der Waals surface area contributed by atoms with Crippen molar-refractivity contribution >= 4 is 22.9 Å². The molecular formula is C13H22ClN3S. The van der Waals surface area contributed by atoms with Crippen molar-refractivity contribution in [2.45, 2.75) is 26.8 Å². The fourth-order valence-electron chi connectivity index (χ4n) is 2.32. The average molecular weight is 288 g/mol. The summed E-state index contributed by atoms with van der Waals surface area (Å²) in [4.78, 5) is 11.0. The van der Waals surface area contributed by atoms with E-state index >= 15 is 0 Å². The number of aryl methyl sites for hydroxylation is 2. The molecule has 0 amide bonds. The molecule has 0 aromatic carbocycles. The first kappa shape index (κ1) is 14.3. The Morgan fingerprint density at radius 3 is 2.56 bits per heavy atom. The van der Waals surface area contributed by atoms with Gasteiger partial charge in [-0.25, -0.2) is 4.98 Å². The van der Waals surface area contributed by atoms with Gasteiger partial charge in [0.15, 0.2) is 0 Å². The highest BCUT2D eigenvalue weighted by Gasteiger charge is 2.15. The maximum absolute atomic E-state index is 5.81. The fourth-order valence-corrected chi connectivity index (χ4v) is 3.54. The van der Waals surface area contributed by atoms with Gasteiger partial charge in [0.1, 0.15) is 5.01 Å². The summed E-state index contributed by atoms with van der Waals surface area (Å²) >= 11 is 7.65. The van der Waals surface area contributed by atoms with Crippen molar-refractivity contribution in [1.29, 1.82) is 0 Å². The van der Waals surface area contributed by atoms with Crippen LogP contribution in [-0.2, 0) is 6.54 Å². The predicted molar refractivity (Wildman–Crippen MR) is 78.6 cm³/mol. The van der Waals surface area contributed by atoms with Gasteiger partial charge in [-0.3, -0.25) is 4.90 Å². The number of hydrogen-bond donors (Lipinski definition) is 0. The molecule has 1 fully saturated rings. The number of nitrogens with zero attached hydrogens (tertiary/aromatic N) is 3. The molecule has 0 atom stereocenters. The summed E-state index contributed by atoms with van der Waals surface area (Å²) in [6.45, 7) is 10.9. The number of thiazole rings is 1. The SMILES string of the molecule is Cc1nc(CN2CCCN(CCCl)CC2)sc1C. The number of alkyl halides is 1. The molecule has 2 heterocycles. The van der Waals surface area contributed by atoms with Crippen LogP contribution in [0.3, 0.4) is 0 Å². The Labute approximate surface area is 119 Å². The van der Waals surface area contributed by atoms with Gasteiger partial charge in [-0.05, 0) is 33.4 Å². The summed E-state index contributed by atoms with van der Waals surface area (Å²) in [5.41, 5.74) is 1.19. The molecule has 3 nitrogen and oxygen atoms in total. The molecule has 2 rings (SSSR count). The van der Waals surface area contributed by atoms with Gasteiger partial charge in [-0.1, -0.05) is 0 Å². The minimum absolute atomic E-state index is 0.741. The van der Waals surface area contributed by atoms with Crippen molar-refractivity contribution < 1.29 is 0 Å². The standard InChI is InChI=1S/C13H22ClN3S/c1-11-12(2)18-13(15-11)10-17-6-3-5-16(7-4-14)8-9-17/h3-10H2,1-2H3. The first-order chi connectivity index (χ1) is 8.69. The lowest BCUT2D eigenvalue weighted by Crippen LogP contribution is -2.31. The van der Waals surface area contributed by atoms with E-state index in [-0.39, 0.29) is 0 Å². The van der Waals surface area contributed by atoms with Gasteiger partial charge in [-0.15, -0.1) is 22.9 Å². The maximum Gasteiger partial charge on any atom is 0.107 e. The zero-order valence-electron chi connectivity index (χ0n) is 11.3. The summed E-state index contributed by atoms with van der Waals surface area (Å²) in [5.74, 6) is 0.741. The highest BCUT2D eigenvalue weighted by atomic mass is 35.5. The van der Waals surface area contributed by atoms with Gasteiger partial charge < -0.3 is 4.90 Å². The third-order valence-electron chi connectivity index (χ3n) is 3.51. The van der Waals surface area contributed by atoms with Crippen molar-refractivity contribution in [2.75, 3.05) is 38.6 Å². The number of halogens is 1.